The SMILES string of the molecule is CN(C)CCNC(=O)c1cc(CC2[C@H]3C[C@@H](Oc4ccc(F)cc4)C[C@H]3CN2C(=O)O)on1. The number of benzene rings is 1. The normalized spacial score (nSPS) is 24.2. The van der Waals surface area contributed by atoms with E-state index in [1.165, 1.54) is 17.0 Å². The summed E-state index contributed by atoms with van der Waals surface area (Å²) in [4.78, 5) is 27.6. The average Bonchev–Trinajstić information content (AvgIpc) is 3.45. The van der Waals surface area contributed by atoms with E-state index in [1.54, 1.807) is 18.2 Å². The molecule has 2 fully saturated rings. The number of likely N-dealkylation sites (tertiary alicyclic amines) is 1. The predicted octanol–water partition coefficient (Wildman–Crippen LogP) is 2.48. The highest BCUT2D eigenvalue weighted by atomic mass is 19.1. The van der Waals surface area contributed by atoms with Crippen molar-refractivity contribution in [3.05, 3.63) is 47.6 Å². The molecule has 1 aliphatic heterocycles. The molecule has 10 heteroatoms. The van der Waals surface area contributed by atoms with E-state index in [1.807, 2.05) is 19.0 Å². The number of hydrogen-bond donors (Lipinski definition) is 2. The van der Waals surface area contributed by atoms with Crippen molar-refractivity contribution in [1.29, 1.82) is 0 Å². The van der Waals surface area contributed by atoms with E-state index in [0.717, 1.165) is 6.42 Å². The zero-order chi connectivity index (χ0) is 23.5. The molecule has 1 saturated heterocycles. The van der Waals surface area contributed by atoms with Crippen molar-refractivity contribution >= 4 is 12.0 Å². The molecule has 178 valence electrons. The van der Waals surface area contributed by atoms with Gasteiger partial charge in [0.25, 0.3) is 5.91 Å². The summed E-state index contributed by atoms with van der Waals surface area (Å²) in [7, 11) is 3.84. The van der Waals surface area contributed by atoms with Gasteiger partial charge in [0.1, 0.15) is 17.3 Å². The number of amides is 2. The first-order chi connectivity index (χ1) is 15.8. The molecule has 1 saturated carbocycles. The molecular weight excluding hydrogens is 431 g/mol. The number of likely N-dealkylation sites (N-methyl/N-ethyl adjacent to an activating group) is 1. The number of halogens is 1. The second kappa shape index (κ2) is 9.78. The number of nitrogens with zero attached hydrogens (tertiary/aromatic N) is 3. The second-order valence-corrected chi connectivity index (χ2v) is 9.03. The Hall–Kier alpha value is -3.14. The lowest BCUT2D eigenvalue weighted by atomic mass is 9.91. The number of rotatable bonds is 8. The van der Waals surface area contributed by atoms with Crippen molar-refractivity contribution in [1.82, 2.24) is 20.3 Å². The summed E-state index contributed by atoms with van der Waals surface area (Å²) in [5.74, 6) is 0.725. The Kier molecular flexibility index (Phi) is 6.83. The van der Waals surface area contributed by atoms with Crippen molar-refractivity contribution < 1.29 is 28.3 Å². The van der Waals surface area contributed by atoms with E-state index in [-0.39, 0.29) is 41.4 Å². The highest BCUT2D eigenvalue weighted by molar-refractivity contribution is 5.92. The topological polar surface area (TPSA) is 108 Å². The fourth-order valence-electron chi connectivity index (χ4n) is 4.89. The minimum absolute atomic E-state index is 0.0586. The highest BCUT2D eigenvalue weighted by Crippen LogP contribution is 2.44. The molecule has 2 aromatic rings. The van der Waals surface area contributed by atoms with Gasteiger partial charge in [-0.3, -0.25) is 4.79 Å². The van der Waals surface area contributed by atoms with Crippen LogP contribution in [0.3, 0.4) is 0 Å². The summed E-state index contributed by atoms with van der Waals surface area (Å²) < 4.78 is 24.6. The van der Waals surface area contributed by atoms with Crippen LogP contribution in [0.5, 0.6) is 5.75 Å². The van der Waals surface area contributed by atoms with Crippen LogP contribution in [-0.4, -0.2) is 77.9 Å². The van der Waals surface area contributed by atoms with Gasteiger partial charge in [0, 0.05) is 38.2 Å². The molecule has 1 aliphatic carbocycles. The molecule has 0 spiro atoms. The van der Waals surface area contributed by atoms with Crippen LogP contribution in [0.25, 0.3) is 0 Å². The first-order valence-corrected chi connectivity index (χ1v) is 11.1. The number of nitrogens with one attached hydrogen (secondary N) is 1. The van der Waals surface area contributed by atoms with Gasteiger partial charge in [-0.05, 0) is 63.0 Å². The van der Waals surface area contributed by atoms with Gasteiger partial charge < -0.3 is 29.5 Å². The van der Waals surface area contributed by atoms with Crippen LogP contribution >= 0.6 is 0 Å². The molecule has 0 bridgehead atoms. The molecule has 4 atom stereocenters. The number of carbonyl (C=O) groups is 2. The molecule has 1 aromatic heterocycles. The molecule has 2 aliphatic rings. The van der Waals surface area contributed by atoms with Crippen LogP contribution in [0.4, 0.5) is 9.18 Å². The van der Waals surface area contributed by atoms with Crippen molar-refractivity contribution in [3.8, 4) is 5.75 Å². The Morgan fingerprint density at radius 3 is 2.76 bits per heavy atom. The summed E-state index contributed by atoms with van der Waals surface area (Å²) >= 11 is 0. The Morgan fingerprint density at radius 1 is 1.30 bits per heavy atom. The zero-order valence-corrected chi connectivity index (χ0v) is 18.7. The largest absolute Gasteiger partial charge is 0.490 e. The number of fused-ring (bicyclic) bond motifs is 1. The maximum absolute atomic E-state index is 13.2. The molecular formula is C23H29FN4O5. The maximum Gasteiger partial charge on any atom is 0.407 e. The Balaban J connectivity index is 1.39. The molecule has 1 aromatic carbocycles. The zero-order valence-electron chi connectivity index (χ0n) is 18.7. The van der Waals surface area contributed by atoms with Crippen LogP contribution in [-0.2, 0) is 6.42 Å². The summed E-state index contributed by atoms with van der Waals surface area (Å²) in [5, 5.41) is 16.4. The predicted molar refractivity (Wildman–Crippen MR) is 117 cm³/mol. The lowest BCUT2D eigenvalue weighted by Crippen LogP contribution is -2.39. The molecule has 0 radical (unpaired) electrons. The van der Waals surface area contributed by atoms with Crippen molar-refractivity contribution in [2.45, 2.75) is 31.4 Å². The smallest absolute Gasteiger partial charge is 0.407 e. The van der Waals surface area contributed by atoms with Crippen LogP contribution in [0.1, 0.15) is 29.1 Å². The molecule has 2 amide bonds. The number of carboxylic acid groups (broad SMARTS) is 1. The van der Waals surface area contributed by atoms with E-state index >= 15 is 0 Å². The van der Waals surface area contributed by atoms with Gasteiger partial charge in [-0.15, -0.1) is 0 Å². The van der Waals surface area contributed by atoms with Crippen molar-refractivity contribution in [2.75, 3.05) is 33.7 Å². The fourth-order valence-corrected chi connectivity index (χ4v) is 4.89. The van der Waals surface area contributed by atoms with Crippen LogP contribution in [0.2, 0.25) is 0 Å². The Morgan fingerprint density at radius 2 is 2.06 bits per heavy atom. The third-order valence-electron chi connectivity index (χ3n) is 6.44. The fraction of sp³-hybridized carbons (Fsp3) is 0.522. The van der Waals surface area contributed by atoms with Crippen molar-refractivity contribution in [3.63, 3.8) is 0 Å². The second-order valence-electron chi connectivity index (χ2n) is 9.03. The monoisotopic (exact) mass is 460 g/mol. The van der Waals surface area contributed by atoms with Gasteiger partial charge in [-0.2, -0.15) is 0 Å². The van der Waals surface area contributed by atoms with Crippen LogP contribution in [0, 0.1) is 17.7 Å². The lowest BCUT2D eigenvalue weighted by Gasteiger charge is -2.25. The first-order valence-electron chi connectivity index (χ1n) is 11.1. The summed E-state index contributed by atoms with van der Waals surface area (Å²) in [6, 6.07) is 7.22. The number of hydrogen-bond acceptors (Lipinski definition) is 6. The van der Waals surface area contributed by atoms with Gasteiger partial charge >= 0.3 is 6.09 Å². The summed E-state index contributed by atoms with van der Waals surface area (Å²) in [5.41, 5.74) is 0.184. The molecule has 9 nitrogen and oxygen atoms in total. The standard InChI is InChI=1S/C23H29FN4O5/c1-27(2)8-7-25-22(29)20-11-18(33-26-20)12-21-19-10-17(9-14(19)13-28(21)23(30)31)32-16-5-3-15(24)4-6-16/h3-6,11,14,17,19,21H,7-10,12-13H2,1-2H3,(H,25,29)(H,30,31)/t14-,17-,19-,21?/m0/s1. The maximum atomic E-state index is 13.2. The van der Waals surface area contributed by atoms with Crippen LogP contribution in [0.15, 0.2) is 34.9 Å². The van der Waals surface area contributed by atoms with E-state index < -0.39 is 6.09 Å². The quantitative estimate of drug-likeness (QED) is 0.623. The van der Waals surface area contributed by atoms with Gasteiger partial charge in [0.05, 0.1) is 6.10 Å². The molecule has 4 rings (SSSR count). The third kappa shape index (κ3) is 5.44. The first kappa shape index (κ1) is 23.0. The van der Waals surface area contributed by atoms with Gasteiger partial charge in [-0.1, -0.05) is 5.16 Å². The number of carbonyl (C=O) groups excluding carboxylic acids is 1. The summed E-state index contributed by atoms with van der Waals surface area (Å²) in [6.07, 6.45) is 0.749. The minimum Gasteiger partial charge on any atom is -0.490 e. The molecule has 33 heavy (non-hydrogen) atoms. The van der Waals surface area contributed by atoms with Gasteiger partial charge in [-0.25, -0.2) is 9.18 Å². The van der Waals surface area contributed by atoms with E-state index in [4.69, 9.17) is 9.26 Å². The van der Waals surface area contributed by atoms with E-state index in [2.05, 4.69) is 10.5 Å². The van der Waals surface area contributed by atoms with Crippen molar-refractivity contribution in [2.24, 2.45) is 11.8 Å². The van der Waals surface area contributed by atoms with E-state index in [9.17, 15) is 19.1 Å². The Labute approximate surface area is 191 Å². The number of ether oxygens (including phenoxy) is 1. The van der Waals surface area contributed by atoms with E-state index in [0.29, 0.717) is 44.0 Å². The third-order valence-corrected chi connectivity index (χ3v) is 6.44. The Bertz CT molecular complexity index is 979. The average molecular weight is 461 g/mol. The highest BCUT2D eigenvalue weighted by Gasteiger charge is 2.50. The molecule has 1 unspecified atom stereocenters. The lowest BCUT2D eigenvalue weighted by molar-refractivity contribution is 0.0942. The summed E-state index contributed by atoms with van der Waals surface area (Å²) in [6.45, 7) is 1.62. The number of aromatic nitrogens is 1. The minimum atomic E-state index is -0.966. The molecule has 2 heterocycles. The van der Waals surface area contributed by atoms with Gasteiger partial charge in [0.2, 0.25) is 0 Å². The van der Waals surface area contributed by atoms with Gasteiger partial charge in [0.15, 0.2) is 5.69 Å². The molecule has 2 N–H and O–H groups in total. The van der Waals surface area contributed by atoms with Crippen LogP contribution < -0.4 is 10.1 Å².